The normalized spacial score (nSPS) is 19.3. The van der Waals surface area contributed by atoms with Crippen molar-refractivity contribution in [2.24, 2.45) is 0 Å². The Hall–Kier alpha value is -1.69. The number of benzene rings is 1. The summed E-state index contributed by atoms with van der Waals surface area (Å²) in [6.07, 6.45) is -0.0666. The first-order valence-corrected chi connectivity index (χ1v) is 9.11. The summed E-state index contributed by atoms with van der Waals surface area (Å²) in [6, 6.07) is 9.67. The third-order valence-corrected chi connectivity index (χ3v) is 5.30. The number of nitrogens with zero attached hydrogens (tertiary/aromatic N) is 1. The smallest absolute Gasteiger partial charge is 0.254 e. The van der Waals surface area contributed by atoms with E-state index in [-0.39, 0.29) is 11.9 Å². The van der Waals surface area contributed by atoms with Gasteiger partial charge in [-0.3, -0.25) is 4.79 Å². The molecule has 0 spiro atoms. The molecule has 1 N–H and O–H groups in total. The Labute approximate surface area is 146 Å². The van der Waals surface area contributed by atoms with Gasteiger partial charge in [-0.15, -0.1) is 11.3 Å². The van der Waals surface area contributed by atoms with E-state index in [0.29, 0.717) is 31.7 Å². The number of carbonyl (C=O) groups is 1. The maximum atomic E-state index is 13.0. The Bertz CT molecular complexity index is 678. The number of aryl methyl sites for hydroxylation is 2. The van der Waals surface area contributed by atoms with Gasteiger partial charge in [-0.1, -0.05) is 23.3 Å². The van der Waals surface area contributed by atoms with Gasteiger partial charge < -0.3 is 14.7 Å². The number of ether oxygens (including phenoxy) is 1. The van der Waals surface area contributed by atoms with Crippen LogP contribution < -0.4 is 0 Å². The van der Waals surface area contributed by atoms with Crippen LogP contribution in [0.25, 0.3) is 0 Å². The predicted octanol–water partition coefficient (Wildman–Crippen LogP) is 3.33. The molecule has 1 aromatic carbocycles. The second-order valence-corrected chi connectivity index (χ2v) is 7.35. The predicted molar refractivity (Wildman–Crippen MR) is 95.5 cm³/mol. The first-order chi connectivity index (χ1) is 11.5. The van der Waals surface area contributed by atoms with E-state index < -0.39 is 6.10 Å². The lowest BCUT2D eigenvalue weighted by atomic mass is 10.0. The standard InChI is InChI=1S/C19H23NO3S/c1-13-8-14(2)10-15(9-13)19(22)20-5-6-23-12-16(20)11-17(21)18-4-3-7-24-18/h3-4,7-10,16-17,21H,5-6,11-12H2,1-2H3. The lowest BCUT2D eigenvalue weighted by molar-refractivity contribution is -0.0170. The molecule has 5 heteroatoms. The molecule has 128 valence electrons. The van der Waals surface area contributed by atoms with Gasteiger partial charge in [-0.05, 0) is 37.4 Å². The summed E-state index contributed by atoms with van der Waals surface area (Å²) in [6.45, 7) is 5.58. The minimum atomic E-state index is -0.564. The number of rotatable bonds is 4. The molecule has 1 saturated heterocycles. The zero-order valence-corrected chi connectivity index (χ0v) is 14.9. The third-order valence-electron chi connectivity index (χ3n) is 4.32. The summed E-state index contributed by atoms with van der Waals surface area (Å²) < 4.78 is 5.56. The molecule has 3 rings (SSSR count). The van der Waals surface area contributed by atoms with E-state index in [4.69, 9.17) is 4.74 Å². The molecule has 2 atom stereocenters. The minimum Gasteiger partial charge on any atom is -0.387 e. The summed E-state index contributed by atoms with van der Waals surface area (Å²) in [5.41, 5.74) is 2.88. The third kappa shape index (κ3) is 3.86. The van der Waals surface area contributed by atoms with Crippen LogP contribution in [0.1, 0.15) is 38.9 Å². The van der Waals surface area contributed by atoms with Crippen molar-refractivity contribution in [3.8, 4) is 0 Å². The van der Waals surface area contributed by atoms with Crippen LogP contribution in [0.15, 0.2) is 35.7 Å². The fraction of sp³-hybridized carbons (Fsp3) is 0.421. The molecule has 1 amide bonds. The number of hydrogen-bond acceptors (Lipinski definition) is 4. The van der Waals surface area contributed by atoms with Crippen molar-refractivity contribution < 1.29 is 14.6 Å². The van der Waals surface area contributed by atoms with Gasteiger partial charge in [0.25, 0.3) is 5.91 Å². The number of aliphatic hydroxyl groups is 1. The zero-order chi connectivity index (χ0) is 17.1. The van der Waals surface area contributed by atoms with E-state index in [2.05, 4.69) is 6.07 Å². The highest BCUT2D eigenvalue weighted by Crippen LogP contribution is 2.27. The molecular weight excluding hydrogens is 322 g/mol. The van der Waals surface area contributed by atoms with E-state index in [1.165, 1.54) is 11.3 Å². The topological polar surface area (TPSA) is 49.8 Å². The molecule has 0 saturated carbocycles. The van der Waals surface area contributed by atoms with Crippen LogP contribution in [0.5, 0.6) is 0 Å². The molecular formula is C19H23NO3S. The quantitative estimate of drug-likeness (QED) is 0.925. The molecule has 2 aromatic rings. The second-order valence-electron chi connectivity index (χ2n) is 6.37. The molecule has 4 nitrogen and oxygen atoms in total. The number of aliphatic hydroxyl groups excluding tert-OH is 1. The van der Waals surface area contributed by atoms with Crippen LogP contribution >= 0.6 is 11.3 Å². The molecule has 1 aliphatic heterocycles. The van der Waals surface area contributed by atoms with E-state index >= 15 is 0 Å². The Balaban J connectivity index is 1.77. The van der Waals surface area contributed by atoms with Gasteiger partial charge in [0, 0.05) is 23.4 Å². The van der Waals surface area contributed by atoms with Gasteiger partial charge >= 0.3 is 0 Å². The highest BCUT2D eigenvalue weighted by Gasteiger charge is 2.30. The van der Waals surface area contributed by atoms with Crippen molar-refractivity contribution in [1.82, 2.24) is 4.90 Å². The van der Waals surface area contributed by atoms with Crippen LogP contribution in [-0.4, -0.2) is 41.7 Å². The van der Waals surface area contributed by atoms with Gasteiger partial charge in [0.1, 0.15) is 0 Å². The van der Waals surface area contributed by atoms with Crippen molar-refractivity contribution in [2.75, 3.05) is 19.8 Å². The van der Waals surface area contributed by atoms with Crippen LogP contribution in [0.4, 0.5) is 0 Å². The number of carbonyl (C=O) groups excluding carboxylic acids is 1. The van der Waals surface area contributed by atoms with Gasteiger partial charge in [0.05, 0.1) is 25.4 Å². The average Bonchev–Trinajstić information content (AvgIpc) is 3.08. The molecule has 24 heavy (non-hydrogen) atoms. The van der Waals surface area contributed by atoms with Crippen LogP contribution in [0.2, 0.25) is 0 Å². The Morgan fingerprint density at radius 1 is 1.38 bits per heavy atom. The van der Waals surface area contributed by atoms with Crippen molar-refractivity contribution >= 4 is 17.2 Å². The fourth-order valence-electron chi connectivity index (χ4n) is 3.24. The monoisotopic (exact) mass is 345 g/mol. The first-order valence-electron chi connectivity index (χ1n) is 8.23. The number of hydrogen-bond donors (Lipinski definition) is 1. The van der Waals surface area contributed by atoms with Gasteiger partial charge in [-0.25, -0.2) is 0 Å². The van der Waals surface area contributed by atoms with Gasteiger partial charge in [-0.2, -0.15) is 0 Å². The van der Waals surface area contributed by atoms with Gasteiger partial charge in [0.2, 0.25) is 0 Å². The SMILES string of the molecule is Cc1cc(C)cc(C(=O)N2CCOCC2CC(O)c2cccs2)c1. The summed E-state index contributed by atoms with van der Waals surface area (Å²) >= 11 is 1.54. The molecule has 2 unspecified atom stereocenters. The maximum absolute atomic E-state index is 13.0. The van der Waals surface area contributed by atoms with E-state index in [1.54, 1.807) is 0 Å². The van der Waals surface area contributed by atoms with Crippen molar-refractivity contribution in [2.45, 2.75) is 32.4 Å². The summed E-state index contributed by atoms with van der Waals surface area (Å²) in [4.78, 5) is 15.8. The average molecular weight is 345 g/mol. The van der Waals surface area contributed by atoms with Crippen LogP contribution in [-0.2, 0) is 4.74 Å². The summed E-state index contributed by atoms with van der Waals surface area (Å²) in [7, 11) is 0. The second kappa shape index (κ2) is 7.47. The lowest BCUT2D eigenvalue weighted by Gasteiger charge is -2.36. The highest BCUT2D eigenvalue weighted by molar-refractivity contribution is 7.10. The molecule has 2 heterocycles. The van der Waals surface area contributed by atoms with Gasteiger partial charge in [0.15, 0.2) is 0 Å². The molecule has 1 aliphatic rings. The first kappa shape index (κ1) is 17.1. The lowest BCUT2D eigenvalue weighted by Crippen LogP contribution is -2.49. The molecule has 0 radical (unpaired) electrons. The van der Waals surface area contributed by atoms with Crippen molar-refractivity contribution in [3.05, 3.63) is 57.3 Å². The molecule has 1 fully saturated rings. The fourth-order valence-corrected chi connectivity index (χ4v) is 3.96. The molecule has 0 bridgehead atoms. The maximum Gasteiger partial charge on any atom is 0.254 e. The van der Waals surface area contributed by atoms with Crippen molar-refractivity contribution in [1.29, 1.82) is 0 Å². The van der Waals surface area contributed by atoms with Crippen molar-refractivity contribution in [3.63, 3.8) is 0 Å². The Morgan fingerprint density at radius 3 is 2.79 bits per heavy atom. The van der Waals surface area contributed by atoms with E-state index in [0.717, 1.165) is 16.0 Å². The zero-order valence-electron chi connectivity index (χ0n) is 14.1. The number of amides is 1. The largest absolute Gasteiger partial charge is 0.387 e. The molecule has 0 aliphatic carbocycles. The summed E-state index contributed by atoms with van der Waals surface area (Å²) in [5.74, 6) is 0.0217. The Morgan fingerprint density at radius 2 is 2.12 bits per heavy atom. The van der Waals surface area contributed by atoms with E-state index in [1.807, 2.05) is 48.4 Å². The van der Waals surface area contributed by atoms with E-state index in [9.17, 15) is 9.90 Å². The minimum absolute atomic E-state index is 0.0217. The number of thiophene rings is 1. The van der Waals surface area contributed by atoms with Crippen LogP contribution in [0, 0.1) is 13.8 Å². The summed E-state index contributed by atoms with van der Waals surface area (Å²) in [5, 5.41) is 12.4. The number of morpholine rings is 1. The Kier molecular flexibility index (Phi) is 5.33. The molecule has 1 aromatic heterocycles. The highest BCUT2D eigenvalue weighted by atomic mass is 32.1. The van der Waals surface area contributed by atoms with Crippen LogP contribution in [0.3, 0.4) is 0 Å².